The number of phenolic OH excluding ortho intramolecular Hbond substituents is 1. The number of ketones is 1. The number of methoxy groups -OCH3 is 1. The predicted molar refractivity (Wildman–Crippen MR) is 200 cm³/mol. The maximum Gasteiger partial charge on any atom is 0.356 e. The average Bonchev–Trinajstić information content (AvgIpc) is 3.09. The third-order valence-corrected chi connectivity index (χ3v) is 10.5. The summed E-state index contributed by atoms with van der Waals surface area (Å²) in [5.74, 6) is 0.157. The first kappa shape index (κ1) is 41.1. The first-order valence-corrected chi connectivity index (χ1v) is 17.2. The molecule has 282 valence electrons. The van der Waals surface area contributed by atoms with Gasteiger partial charge in [-0.25, -0.2) is 19.2 Å². The van der Waals surface area contributed by atoms with E-state index in [0.29, 0.717) is 33.4 Å². The van der Waals surface area contributed by atoms with E-state index in [2.05, 4.69) is 27.8 Å². The topological polar surface area (TPSA) is 183 Å². The van der Waals surface area contributed by atoms with Gasteiger partial charge in [0.25, 0.3) is 0 Å². The predicted octanol–water partition coefficient (Wildman–Crippen LogP) is 6.83. The number of allylic oxidation sites excluding steroid dienone is 2. The van der Waals surface area contributed by atoms with E-state index >= 15 is 0 Å². The molecule has 0 bridgehead atoms. The van der Waals surface area contributed by atoms with Crippen LogP contribution in [0.4, 0.5) is 0 Å². The molecule has 54 heavy (non-hydrogen) atoms. The van der Waals surface area contributed by atoms with Crippen LogP contribution < -0.4 is 14.2 Å². The molecular weight excluding hydrogens is 764 g/mol. The van der Waals surface area contributed by atoms with Gasteiger partial charge in [-0.05, 0) is 147 Å². The van der Waals surface area contributed by atoms with Crippen molar-refractivity contribution in [3.63, 3.8) is 0 Å². The van der Waals surface area contributed by atoms with Crippen molar-refractivity contribution < 1.29 is 58.2 Å². The van der Waals surface area contributed by atoms with Crippen LogP contribution in [0.1, 0.15) is 95.0 Å². The van der Waals surface area contributed by atoms with Crippen LogP contribution in [0.3, 0.4) is 0 Å². The van der Waals surface area contributed by atoms with Gasteiger partial charge in [-0.15, -0.1) is 5.92 Å². The summed E-state index contributed by atoms with van der Waals surface area (Å²) in [5.41, 5.74) is 0.809. The molecule has 1 aliphatic carbocycles. The number of aryl methyl sites for hydroxylation is 1. The highest BCUT2D eigenvalue weighted by atomic mass is 79.9. The first-order valence-electron chi connectivity index (χ1n) is 16.4. The molecule has 3 aromatic rings. The van der Waals surface area contributed by atoms with E-state index in [1.165, 1.54) is 33.9 Å². The number of benzene rings is 3. The highest BCUT2D eigenvalue weighted by Gasteiger charge is 2.48. The second-order valence-corrected chi connectivity index (χ2v) is 13.7. The second-order valence-electron chi connectivity index (χ2n) is 12.9. The lowest BCUT2D eigenvalue weighted by atomic mass is 9.87. The number of hydrogen-bond donors (Lipinski definition) is 3. The zero-order valence-corrected chi connectivity index (χ0v) is 33.2. The van der Waals surface area contributed by atoms with Crippen LogP contribution in [0.15, 0.2) is 34.0 Å². The van der Waals surface area contributed by atoms with Gasteiger partial charge in [0.15, 0.2) is 11.5 Å². The van der Waals surface area contributed by atoms with Gasteiger partial charge in [0.1, 0.15) is 33.0 Å². The van der Waals surface area contributed by atoms with Crippen LogP contribution in [-0.4, -0.2) is 57.7 Å². The van der Waals surface area contributed by atoms with Crippen LogP contribution in [0, 0.1) is 67.2 Å². The molecule has 3 aromatic carbocycles. The molecule has 0 radical (unpaired) electrons. The van der Waals surface area contributed by atoms with Crippen molar-refractivity contribution in [2.75, 3.05) is 7.11 Å². The number of aromatic carboxylic acids is 1. The Morgan fingerprint density at radius 3 is 1.81 bits per heavy atom. The Kier molecular flexibility index (Phi) is 11.7. The third kappa shape index (κ3) is 6.90. The first-order chi connectivity index (χ1) is 25.1. The number of esters is 3. The fourth-order valence-corrected chi connectivity index (χ4v) is 6.96. The Morgan fingerprint density at radius 2 is 1.28 bits per heavy atom. The summed E-state index contributed by atoms with van der Waals surface area (Å²) in [7, 11) is 1.18. The summed E-state index contributed by atoms with van der Waals surface area (Å²) in [5, 5.41) is 32.3. The molecule has 0 unspecified atom stereocenters. The Morgan fingerprint density at radius 1 is 0.741 bits per heavy atom. The number of aromatic hydroxyl groups is 1. The van der Waals surface area contributed by atoms with Gasteiger partial charge in [-0.2, -0.15) is 0 Å². The molecule has 0 aromatic heterocycles. The fraction of sp³-hybridized carbons (Fsp3) is 0.293. The normalized spacial score (nSPS) is 15.0. The van der Waals surface area contributed by atoms with Crippen LogP contribution in [-0.2, 0) is 14.3 Å². The minimum absolute atomic E-state index is 0.0101. The minimum atomic E-state index is -2.44. The summed E-state index contributed by atoms with van der Waals surface area (Å²) in [6.07, 6.45) is 2.02. The zero-order valence-electron chi connectivity index (χ0n) is 31.6. The summed E-state index contributed by atoms with van der Waals surface area (Å²) < 4.78 is 22.2. The molecule has 13 heteroatoms. The van der Waals surface area contributed by atoms with Crippen LogP contribution >= 0.6 is 15.9 Å². The largest absolute Gasteiger partial charge is 0.506 e. The van der Waals surface area contributed by atoms with E-state index in [-0.39, 0.29) is 66.4 Å². The van der Waals surface area contributed by atoms with Gasteiger partial charge < -0.3 is 34.3 Å². The molecule has 0 fully saturated rings. The van der Waals surface area contributed by atoms with E-state index < -0.39 is 41.0 Å². The van der Waals surface area contributed by atoms with Gasteiger partial charge >= 0.3 is 23.9 Å². The van der Waals surface area contributed by atoms with Crippen LogP contribution in [0.2, 0.25) is 0 Å². The van der Waals surface area contributed by atoms with Crippen molar-refractivity contribution in [2.24, 2.45) is 0 Å². The Hall–Kier alpha value is -5.71. The molecular formula is C41H39BrO12. The van der Waals surface area contributed by atoms with Crippen molar-refractivity contribution in [1.82, 2.24) is 0 Å². The number of phenols is 1. The lowest BCUT2D eigenvalue weighted by molar-refractivity contribution is -0.151. The average molecular weight is 804 g/mol. The van der Waals surface area contributed by atoms with Gasteiger partial charge in [0, 0.05) is 6.08 Å². The van der Waals surface area contributed by atoms with Gasteiger partial charge in [0.05, 0.1) is 23.8 Å². The maximum atomic E-state index is 13.8. The SMILES string of the molecule is CC#Cc1c(OC(=O)c2c(C)c(C)c(OC(=O)[C@@]3(O)C(C)=CC(=O)C=C3OC)c(Br)c2O)cc(C)c(C(=O)Oc2c(C)c(C)c(C(=O)O)c(C)c2C)c1C. The Labute approximate surface area is 320 Å². The Bertz CT molecular complexity index is 2280. The lowest BCUT2D eigenvalue weighted by Gasteiger charge is -2.30. The number of carbonyl (C=O) groups is 5. The quantitative estimate of drug-likeness (QED) is 0.123. The van der Waals surface area contributed by atoms with Crippen molar-refractivity contribution in [3.05, 3.63) is 101 Å². The number of hydrogen-bond acceptors (Lipinski definition) is 11. The van der Waals surface area contributed by atoms with Crippen LogP contribution in [0.5, 0.6) is 23.0 Å². The molecule has 0 heterocycles. The molecule has 0 amide bonds. The Balaban J connectivity index is 1.72. The molecule has 12 nitrogen and oxygen atoms in total. The number of carbonyl (C=O) groups excluding carboxylic acids is 4. The summed E-state index contributed by atoms with van der Waals surface area (Å²) in [6.45, 7) is 15.8. The van der Waals surface area contributed by atoms with Gasteiger partial charge in [-0.1, -0.05) is 5.92 Å². The van der Waals surface area contributed by atoms with Crippen molar-refractivity contribution >= 4 is 45.6 Å². The van der Waals surface area contributed by atoms with Crippen molar-refractivity contribution in [3.8, 4) is 34.8 Å². The molecule has 0 aliphatic heterocycles. The fourth-order valence-electron chi connectivity index (χ4n) is 6.38. The van der Waals surface area contributed by atoms with E-state index in [1.807, 2.05) is 0 Å². The summed E-state index contributed by atoms with van der Waals surface area (Å²) in [6, 6.07) is 1.45. The molecule has 1 atom stereocenters. The van der Waals surface area contributed by atoms with Crippen molar-refractivity contribution in [2.45, 2.75) is 74.8 Å². The number of aliphatic hydroxyl groups is 1. The summed E-state index contributed by atoms with van der Waals surface area (Å²) >= 11 is 3.21. The highest BCUT2D eigenvalue weighted by molar-refractivity contribution is 9.10. The second kappa shape index (κ2) is 15.3. The molecule has 4 rings (SSSR count). The molecule has 0 saturated carbocycles. The number of halogens is 1. The summed E-state index contributed by atoms with van der Waals surface area (Å²) in [4.78, 5) is 64.9. The molecule has 1 aliphatic rings. The lowest BCUT2D eigenvalue weighted by Crippen LogP contribution is -2.47. The highest BCUT2D eigenvalue weighted by Crippen LogP contribution is 2.44. The van der Waals surface area contributed by atoms with Gasteiger partial charge in [-0.3, -0.25) is 4.79 Å². The number of rotatable bonds is 8. The standard InChI is InChI=1S/C41H39BrO12/c1-12-13-27-25(10)30(38(47)53-35-22(7)19(4)31(37(45)46)20(5)23(35)8)17(2)14-28(27)52-39(48)32-21(6)24(9)36(33(42)34(32)44)54-40(49)41(50)18(3)15-26(43)16-29(41)51-11/h14-16,44,50H,1-11H3,(H,45,46)/t41-/m1/s1. The van der Waals surface area contributed by atoms with Crippen LogP contribution in [0.25, 0.3) is 0 Å². The molecule has 3 N–H and O–H groups in total. The van der Waals surface area contributed by atoms with E-state index in [0.717, 1.165) is 12.2 Å². The zero-order chi connectivity index (χ0) is 40.7. The maximum absolute atomic E-state index is 13.8. The molecule has 0 saturated heterocycles. The van der Waals surface area contributed by atoms with E-state index in [4.69, 9.17) is 18.9 Å². The van der Waals surface area contributed by atoms with E-state index in [9.17, 15) is 39.3 Å². The third-order valence-electron chi connectivity index (χ3n) is 9.76. The molecule has 0 spiro atoms. The number of carboxylic acids is 1. The minimum Gasteiger partial charge on any atom is -0.506 e. The number of carboxylic acid groups (broad SMARTS) is 1. The smallest absolute Gasteiger partial charge is 0.356 e. The van der Waals surface area contributed by atoms with Crippen molar-refractivity contribution in [1.29, 1.82) is 0 Å². The van der Waals surface area contributed by atoms with E-state index in [1.54, 1.807) is 48.5 Å². The number of ether oxygens (including phenoxy) is 4. The monoisotopic (exact) mass is 802 g/mol. The van der Waals surface area contributed by atoms with Gasteiger partial charge in [0.2, 0.25) is 5.60 Å².